The molecular weight excluding hydrogens is 305 g/mol. The smallest absolute Gasteiger partial charge is 0.415 e. The Morgan fingerprint density at radius 2 is 2.22 bits per heavy atom. The molecule has 0 radical (unpaired) electrons. The first-order valence-electron chi connectivity index (χ1n) is 7.24. The van der Waals surface area contributed by atoms with E-state index < -0.39 is 30.6 Å². The van der Waals surface area contributed by atoms with E-state index in [1.165, 1.54) is 4.90 Å². The minimum atomic E-state index is -1.03. The van der Waals surface area contributed by atoms with Crippen LogP contribution < -0.4 is 16.0 Å². The number of benzene rings is 1. The molecule has 122 valence electrons. The zero-order valence-electron chi connectivity index (χ0n) is 12.3. The van der Waals surface area contributed by atoms with Crippen molar-refractivity contribution in [1.82, 2.24) is 0 Å². The van der Waals surface area contributed by atoms with E-state index in [9.17, 15) is 18.8 Å². The summed E-state index contributed by atoms with van der Waals surface area (Å²) in [5.74, 6) is -1.24. The molecule has 0 aromatic heterocycles. The molecule has 3 N–H and O–H groups in total. The number of alkyl halides is 1. The summed E-state index contributed by atoms with van der Waals surface area (Å²) < 4.78 is 17.4. The van der Waals surface area contributed by atoms with Gasteiger partial charge in [-0.15, -0.1) is 0 Å². The highest BCUT2D eigenvalue weighted by Crippen LogP contribution is 2.34. The second kappa shape index (κ2) is 5.86. The maximum absolute atomic E-state index is 12.5. The van der Waals surface area contributed by atoms with E-state index in [4.69, 9.17) is 10.5 Å². The second-order valence-electron chi connectivity index (χ2n) is 5.55. The highest BCUT2D eigenvalue weighted by atomic mass is 19.1. The Morgan fingerprint density at radius 1 is 1.43 bits per heavy atom. The lowest BCUT2D eigenvalue weighted by Gasteiger charge is -2.17. The van der Waals surface area contributed by atoms with Gasteiger partial charge in [-0.2, -0.15) is 0 Å². The number of primary amides is 1. The maximum Gasteiger partial charge on any atom is 0.415 e. The van der Waals surface area contributed by atoms with Gasteiger partial charge in [-0.25, -0.2) is 9.18 Å². The number of halogens is 1. The van der Waals surface area contributed by atoms with Crippen LogP contribution >= 0.6 is 0 Å². The minimum Gasteiger partial charge on any atom is -0.434 e. The number of carbonyl (C=O) groups is 3. The van der Waals surface area contributed by atoms with Crippen LogP contribution in [-0.4, -0.2) is 43.7 Å². The molecule has 2 aliphatic heterocycles. The summed E-state index contributed by atoms with van der Waals surface area (Å²) in [6.07, 6.45) is -0.975. The molecular formula is C15H16FN3O4. The van der Waals surface area contributed by atoms with Crippen LogP contribution in [-0.2, 0) is 27.2 Å². The van der Waals surface area contributed by atoms with Crippen LogP contribution in [0.3, 0.4) is 0 Å². The van der Waals surface area contributed by atoms with Gasteiger partial charge in [0.15, 0.2) is 11.9 Å². The zero-order chi connectivity index (χ0) is 16.6. The van der Waals surface area contributed by atoms with Gasteiger partial charge >= 0.3 is 6.09 Å². The lowest BCUT2D eigenvalue weighted by atomic mass is 10.0. The third-order valence-corrected chi connectivity index (χ3v) is 3.96. The molecule has 0 aliphatic carbocycles. The van der Waals surface area contributed by atoms with Crippen LogP contribution in [0.2, 0.25) is 0 Å². The van der Waals surface area contributed by atoms with Gasteiger partial charge in [-0.05, 0) is 29.7 Å². The normalized spacial score (nSPS) is 19.3. The van der Waals surface area contributed by atoms with E-state index in [0.29, 0.717) is 17.8 Å². The van der Waals surface area contributed by atoms with Crippen LogP contribution in [0, 0.1) is 0 Å². The van der Waals surface area contributed by atoms with Gasteiger partial charge in [-0.1, -0.05) is 0 Å². The van der Waals surface area contributed by atoms with Gasteiger partial charge < -0.3 is 15.8 Å². The number of fused-ring (bicyclic) bond motifs is 1. The predicted molar refractivity (Wildman–Crippen MR) is 80.1 cm³/mol. The van der Waals surface area contributed by atoms with Crippen molar-refractivity contribution in [3.63, 3.8) is 0 Å². The fourth-order valence-corrected chi connectivity index (χ4v) is 2.87. The number of carbonyl (C=O) groups excluding carboxylic acids is 3. The lowest BCUT2D eigenvalue weighted by molar-refractivity contribution is -0.124. The minimum absolute atomic E-state index is 0.0247. The quantitative estimate of drug-likeness (QED) is 0.824. The second-order valence-corrected chi connectivity index (χ2v) is 5.55. The van der Waals surface area contributed by atoms with Crippen molar-refractivity contribution in [3.05, 3.63) is 23.3 Å². The van der Waals surface area contributed by atoms with Crippen LogP contribution in [0.5, 0.6) is 0 Å². The Balaban J connectivity index is 1.94. The molecule has 1 aromatic carbocycles. The number of hydrogen-bond acceptors (Lipinski definition) is 5. The first-order chi connectivity index (χ1) is 11.0. The SMILES string of the molecule is NC(=O)C1CN(c2cc3c(c(CC(=O)CF)c2)NCC3)C(=O)O1. The van der Waals surface area contributed by atoms with Gasteiger partial charge in [0.25, 0.3) is 5.91 Å². The Bertz CT molecular complexity index is 692. The number of Topliss-reactive ketones (excluding diaryl/α,β-unsaturated/α-hetero) is 1. The molecule has 2 aliphatic rings. The molecule has 1 saturated heterocycles. The summed E-state index contributed by atoms with van der Waals surface area (Å²) in [5.41, 5.74) is 8.07. The third kappa shape index (κ3) is 2.84. The van der Waals surface area contributed by atoms with E-state index >= 15 is 0 Å². The van der Waals surface area contributed by atoms with Crippen molar-refractivity contribution in [3.8, 4) is 0 Å². The van der Waals surface area contributed by atoms with E-state index in [-0.39, 0.29) is 13.0 Å². The van der Waals surface area contributed by atoms with Crippen LogP contribution in [0.4, 0.5) is 20.6 Å². The number of hydrogen-bond donors (Lipinski definition) is 2. The van der Waals surface area contributed by atoms with E-state index in [1.54, 1.807) is 6.07 Å². The van der Waals surface area contributed by atoms with Crippen molar-refractivity contribution in [2.45, 2.75) is 18.9 Å². The molecule has 7 nitrogen and oxygen atoms in total. The van der Waals surface area contributed by atoms with Crippen LogP contribution in [0.25, 0.3) is 0 Å². The number of nitrogens with zero attached hydrogens (tertiary/aromatic N) is 1. The first kappa shape index (κ1) is 15.3. The van der Waals surface area contributed by atoms with E-state index in [1.807, 2.05) is 6.07 Å². The number of anilines is 2. The van der Waals surface area contributed by atoms with Crippen LogP contribution in [0.1, 0.15) is 11.1 Å². The summed E-state index contributed by atoms with van der Waals surface area (Å²) >= 11 is 0. The summed E-state index contributed by atoms with van der Waals surface area (Å²) in [4.78, 5) is 35.9. The lowest BCUT2D eigenvalue weighted by Crippen LogP contribution is -2.32. The summed E-state index contributed by atoms with van der Waals surface area (Å²) in [5, 5.41) is 3.17. The Kier molecular flexibility index (Phi) is 3.89. The standard InChI is InChI=1S/C15H16FN3O4/c16-6-11(20)5-9-4-10(3-8-1-2-18-13(8)9)19-7-12(14(17)21)23-15(19)22/h3-4,12,18H,1-2,5-7H2,(H2,17,21). The molecule has 1 atom stereocenters. The fraction of sp³-hybridized carbons (Fsp3) is 0.400. The van der Waals surface area contributed by atoms with Crippen molar-refractivity contribution < 1.29 is 23.5 Å². The van der Waals surface area contributed by atoms with Crippen molar-refractivity contribution in [2.24, 2.45) is 5.73 Å². The number of rotatable bonds is 5. The molecule has 23 heavy (non-hydrogen) atoms. The number of ketones is 1. The van der Waals surface area contributed by atoms with Crippen molar-refractivity contribution in [1.29, 1.82) is 0 Å². The first-order valence-corrected chi connectivity index (χ1v) is 7.24. The molecule has 1 fully saturated rings. The predicted octanol–water partition coefficient (Wildman–Crippen LogP) is 0.546. The number of nitrogens with one attached hydrogen (secondary N) is 1. The fourth-order valence-electron chi connectivity index (χ4n) is 2.87. The summed E-state index contributed by atoms with van der Waals surface area (Å²) in [7, 11) is 0. The Morgan fingerprint density at radius 3 is 2.87 bits per heavy atom. The monoisotopic (exact) mass is 321 g/mol. The topological polar surface area (TPSA) is 102 Å². The van der Waals surface area contributed by atoms with E-state index in [0.717, 1.165) is 17.7 Å². The van der Waals surface area contributed by atoms with Gasteiger partial charge in [0.2, 0.25) is 0 Å². The van der Waals surface area contributed by atoms with Gasteiger partial charge in [0, 0.05) is 24.3 Å². The maximum atomic E-state index is 12.5. The highest BCUT2D eigenvalue weighted by molar-refractivity contribution is 5.96. The average molecular weight is 321 g/mol. The molecule has 1 unspecified atom stereocenters. The largest absolute Gasteiger partial charge is 0.434 e. The Hall–Kier alpha value is -2.64. The summed E-state index contributed by atoms with van der Waals surface area (Å²) in [6, 6.07) is 3.46. The van der Waals surface area contributed by atoms with Crippen molar-refractivity contribution in [2.75, 3.05) is 30.0 Å². The molecule has 2 amide bonds. The van der Waals surface area contributed by atoms with Crippen LogP contribution in [0.15, 0.2) is 12.1 Å². The van der Waals surface area contributed by atoms with Crippen molar-refractivity contribution >= 4 is 29.2 Å². The number of amides is 2. The molecule has 8 heteroatoms. The molecule has 1 aromatic rings. The molecule has 3 rings (SSSR count). The van der Waals surface area contributed by atoms with Gasteiger partial charge in [0.05, 0.1) is 6.54 Å². The Labute approximate surface area is 131 Å². The van der Waals surface area contributed by atoms with Gasteiger partial charge in [0.1, 0.15) is 6.67 Å². The van der Waals surface area contributed by atoms with Gasteiger partial charge in [-0.3, -0.25) is 14.5 Å². The highest BCUT2D eigenvalue weighted by Gasteiger charge is 2.36. The number of ether oxygens (including phenoxy) is 1. The molecule has 0 spiro atoms. The van der Waals surface area contributed by atoms with E-state index in [2.05, 4.69) is 5.32 Å². The average Bonchev–Trinajstić information content (AvgIpc) is 3.13. The summed E-state index contributed by atoms with van der Waals surface area (Å²) in [6.45, 7) is -0.296. The molecule has 0 saturated carbocycles. The zero-order valence-corrected chi connectivity index (χ0v) is 12.3. The molecule has 0 bridgehead atoms. The number of cyclic esters (lactones) is 1. The third-order valence-electron chi connectivity index (χ3n) is 3.96. The molecule has 2 heterocycles. The number of nitrogens with two attached hydrogens (primary N) is 1.